The summed E-state index contributed by atoms with van der Waals surface area (Å²) in [7, 11) is 0. The smallest absolute Gasteiger partial charge is 0.321 e. The molecule has 2 aliphatic heterocycles. The topological polar surface area (TPSA) is 94.6 Å². The number of carbonyl (C=O) groups is 3. The third kappa shape index (κ3) is 4.83. The molecule has 1 fully saturated rings. The number of nitrogens with one attached hydrogen (secondary N) is 2. The number of thiazole rings is 1. The van der Waals surface area contributed by atoms with E-state index in [2.05, 4.69) is 15.6 Å². The maximum Gasteiger partial charge on any atom is 0.321 e. The van der Waals surface area contributed by atoms with Crippen LogP contribution >= 0.6 is 22.9 Å². The first-order valence-electron chi connectivity index (χ1n) is 10.2. The van der Waals surface area contributed by atoms with Gasteiger partial charge < -0.3 is 15.1 Å². The number of anilines is 2. The SMILES string of the molecule is CC(C)NC(=O)Nc1nc2c(s1)CN(C(=O)C1CC(=O)N(c3ccc(Cl)cc3)C1)CC2. The predicted molar refractivity (Wildman–Crippen MR) is 120 cm³/mol. The molecule has 31 heavy (non-hydrogen) atoms. The lowest BCUT2D eigenvalue weighted by Gasteiger charge is -2.28. The second-order valence-electron chi connectivity index (χ2n) is 8.03. The summed E-state index contributed by atoms with van der Waals surface area (Å²) < 4.78 is 0. The van der Waals surface area contributed by atoms with Gasteiger partial charge in [-0.2, -0.15) is 0 Å². The second-order valence-corrected chi connectivity index (χ2v) is 9.55. The molecule has 1 aromatic heterocycles. The molecule has 4 amide bonds. The molecule has 0 saturated carbocycles. The van der Waals surface area contributed by atoms with Crippen LogP contribution in [0.3, 0.4) is 0 Å². The van der Waals surface area contributed by atoms with Crippen LogP contribution in [0, 0.1) is 5.92 Å². The Morgan fingerprint density at radius 3 is 2.71 bits per heavy atom. The summed E-state index contributed by atoms with van der Waals surface area (Å²) in [5.74, 6) is -0.443. The average Bonchev–Trinajstić information content (AvgIpc) is 3.29. The van der Waals surface area contributed by atoms with E-state index in [1.54, 1.807) is 34.1 Å². The summed E-state index contributed by atoms with van der Waals surface area (Å²) in [5.41, 5.74) is 1.67. The molecule has 8 nitrogen and oxygen atoms in total. The van der Waals surface area contributed by atoms with Crippen molar-refractivity contribution in [2.24, 2.45) is 5.92 Å². The number of halogens is 1. The molecule has 0 spiro atoms. The summed E-state index contributed by atoms with van der Waals surface area (Å²) >= 11 is 7.32. The molecule has 1 atom stereocenters. The van der Waals surface area contributed by atoms with Crippen LogP contribution in [-0.4, -0.2) is 46.9 Å². The van der Waals surface area contributed by atoms with Gasteiger partial charge in [-0.25, -0.2) is 9.78 Å². The van der Waals surface area contributed by atoms with Gasteiger partial charge in [-0.1, -0.05) is 22.9 Å². The van der Waals surface area contributed by atoms with E-state index in [1.807, 2.05) is 13.8 Å². The van der Waals surface area contributed by atoms with Crippen molar-refractivity contribution < 1.29 is 14.4 Å². The minimum Gasteiger partial charge on any atom is -0.337 e. The Balaban J connectivity index is 1.39. The summed E-state index contributed by atoms with van der Waals surface area (Å²) in [6.45, 7) is 5.15. The van der Waals surface area contributed by atoms with Crippen molar-refractivity contribution in [3.8, 4) is 0 Å². The van der Waals surface area contributed by atoms with E-state index in [0.29, 0.717) is 36.2 Å². The number of amides is 4. The summed E-state index contributed by atoms with van der Waals surface area (Å²) in [6, 6.07) is 6.80. The zero-order chi connectivity index (χ0) is 22.1. The van der Waals surface area contributed by atoms with Crippen LogP contribution in [0.25, 0.3) is 0 Å². The van der Waals surface area contributed by atoms with Gasteiger partial charge in [0.05, 0.1) is 18.2 Å². The fourth-order valence-corrected chi connectivity index (χ4v) is 4.98. The number of rotatable bonds is 4. The van der Waals surface area contributed by atoms with Crippen molar-refractivity contribution >= 4 is 51.6 Å². The Morgan fingerprint density at radius 2 is 2.00 bits per heavy atom. The predicted octanol–water partition coefficient (Wildman–Crippen LogP) is 3.26. The maximum atomic E-state index is 13.1. The van der Waals surface area contributed by atoms with E-state index in [1.165, 1.54) is 11.3 Å². The largest absolute Gasteiger partial charge is 0.337 e. The fraction of sp³-hybridized carbons (Fsp3) is 0.429. The number of hydrogen-bond acceptors (Lipinski definition) is 5. The zero-order valence-electron chi connectivity index (χ0n) is 17.4. The minimum absolute atomic E-state index is 0.0177. The summed E-state index contributed by atoms with van der Waals surface area (Å²) in [4.78, 5) is 46.5. The van der Waals surface area contributed by atoms with E-state index in [0.717, 1.165) is 16.3 Å². The lowest BCUT2D eigenvalue weighted by Crippen LogP contribution is -2.40. The molecule has 164 valence electrons. The van der Waals surface area contributed by atoms with Crippen molar-refractivity contribution in [3.05, 3.63) is 39.9 Å². The minimum atomic E-state index is -0.368. The van der Waals surface area contributed by atoms with Crippen LogP contribution in [0.1, 0.15) is 30.8 Å². The Bertz CT molecular complexity index is 1010. The van der Waals surface area contributed by atoms with Crippen molar-refractivity contribution in [2.45, 2.75) is 39.3 Å². The molecule has 0 aliphatic carbocycles. The first-order valence-corrected chi connectivity index (χ1v) is 11.4. The van der Waals surface area contributed by atoms with Crippen molar-refractivity contribution in [2.75, 3.05) is 23.3 Å². The number of benzene rings is 1. The highest BCUT2D eigenvalue weighted by atomic mass is 35.5. The number of carbonyl (C=O) groups excluding carboxylic acids is 3. The molecule has 10 heteroatoms. The lowest BCUT2D eigenvalue weighted by molar-refractivity contribution is -0.136. The van der Waals surface area contributed by atoms with Gasteiger partial charge in [-0.05, 0) is 38.1 Å². The second kappa shape index (κ2) is 8.84. The first-order chi connectivity index (χ1) is 14.8. The van der Waals surface area contributed by atoms with Gasteiger partial charge in [-0.15, -0.1) is 0 Å². The molecular formula is C21H24ClN5O3S. The molecule has 1 saturated heterocycles. The van der Waals surface area contributed by atoms with E-state index >= 15 is 0 Å². The van der Waals surface area contributed by atoms with E-state index in [9.17, 15) is 14.4 Å². The normalized spacial score (nSPS) is 18.3. The molecule has 0 bridgehead atoms. The molecule has 3 heterocycles. The molecule has 0 radical (unpaired) electrons. The maximum absolute atomic E-state index is 13.1. The molecular weight excluding hydrogens is 438 g/mol. The number of aromatic nitrogens is 1. The number of urea groups is 1. The molecule has 2 N–H and O–H groups in total. The highest BCUT2D eigenvalue weighted by Crippen LogP contribution is 2.31. The summed E-state index contributed by atoms with van der Waals surface area (Å²) in [5, 5.41) is 6.66. The molecule has 2 aromatic rings. The van der Waals surface area contributed by atoms with Gasteiger partial charge in [0.2, 0.25) is 11.8 Å². The summed E-state index contributed by atoms with van der Waals surface area (Å²) in [6.07, 6.45) is 0.836. The Morgan fingerprint density at radius 1 is 1.26 bits per heavy atom. The van der Waals surface area contributed by atoms with Crippen LogP contribution in [0.5, 0.6) is 0 Å². The average molecular weight is 462 g/mol. The van der Waals surface area contributed by atoms with Crippen molar-refractivity contribution in [1.29, 1.82) is 0 Å². The Hall–Kier alpha value is -2.65. The highest BCUT2D eigenvalue weighted by Gasteiger charge is 2.38. The standard InChI is InChI=1S/C21H24ClN5O3S/c1-12(2)23-20(30)25-21-24-16-7-8-26(11-17(16)31-21)19(29)13-9-18(28)27(10-13)15-5-3-14(22)4-6-15/h3-6,12-13H,7-11H2,1-2H3,(H2,23,24,25,30). The molecule has 4 rings (SSSR count). The van der Waals surface area contributed by atoms with Crippen molar-refractivity contribution in [1.82, 2.24) is 15.2 Å². The van der Waals surface area contributed by atoms with Crippen LogP contribution in [-0.2, 0) is 22.6 Å². The zero-order valence-corrected chi connectivity index (χ0v) is 18.9. The van der Waals surface area contributed by atoms with E-state index < -0.39 is 0 Å². The van der Waals surface area contributed by atoms with Crippen LogP contribution in [0.15, 0.2) is 24.3 Å². The lowest BCUT2D eigenvalue weighted by atomic mass is 10.1. The van der Waals surface area contributed by atoms with E-state index in [-0.39, 0.29) is 36.2 Å². The highest BCUT2D eigenvalue weighted by molar-refractivity contribution is 7.15. The fourth-order valence-electron chi connectivity index (χ4n) is 3.83. The van der Waals surface area contributed by atoms with Gasteiger partial charge >= 0.3 is 6.03 Å². The van der Waals surface area contributed by atoms with Gasteiger partial charge in [0.1, 0.15) is 0 Å². The number of fused-ring (bicyclic) bond motifs is 1. The molecule has 1 aromatic carbocycles. The van der Waals surface area contributed by atoms with Gasteiger partial charge in [0.15, 0.2) is 5.13 Å². The first kappa shape index (κ1) is 21.6. The number of nitrogens with zero attached hydrogens (tertiary/aromatic N) is 3. The van der Waals surface area contributed by atoms with E-state index in [4.69, 9.17) is 11.6 Å². The monoisotopic (exact) mass is 461 g/mol. The van der Waals surface area contributed by atoms with Gasteiger partial charge in [0, 0.05) is 47.6 Å². The quantitative estimate of drug-likeness (QED) is 0.730. The Kier molecular flexibility index (Phi) is 6.15. The van der Waals surface area contributed by atoms with Crippen LogP contribution in [0.2, 0.25) is 5.02 Å². The number of hydrogen-bond donors (Lipinski definition) is 2. The third-order valence-corrected chi connectivity index (χ3v) is 6.55. The van der Waals surface area contributed by atoms with Gasteiger partial charge in [0.25, 0.3) is 0 Å². The Labute approximate surface area is 189 Å². The van der Waals surface area contributed by atoms with Crippen LogP contribution < -0.4 is 15.5 Å². The van der Waals surface area contributed by atoms with Crippen LogP contribution in [0.4, 0.5) is 15.6 Å². The van der Waals surface area contributed by atoms with Gasteiger partial charge in [-0.3, -0.25) is 14.9 Å². The third-order valence-electron chi connectivity index (χ3n) is 5.30. The molecule has 1 unspecified atom stereocenters. The van der Waals surface area contributed by atoms with Crippen molar-refractivity contribution in [3.63, 3.8) is 0 Å². The molecule has 2 aliphatic rings.